The third kappa shape index (κ3) is 3.63. The average Bonchev–Trinajstić information content (AvgIpc) is 2.83. The fraction of sp³-hybridized carbons (Fsp3) is 0.214. The van der Waals surface area contributed by atoms with Gasteiger partial charge in [-0.2, -0.15) is 0 Å². The first-order valence-electron chi connectivity index (χ1n) is 11.1. The first kappa shape index (κ1) is 21.1. The zero-order chi connectivity index (χ0) is 23.1. The summed E-state index contributed by atoms with van der Waals surface area (Å²) in [5.74, 6) is 0.406. The van der Waals surface area contributed by atoms with Crippen LogP contribution in [0.3, 0.4) is 0 Å². The molecule has 1 aliphatic rings. The number of methoxy groups -OCH3 is 1. The number of nitrogens with zero attached hydrogens (tertiary/aromatic N) is 2. The number of ether oxygens (including phenoxy) is 1. The molecule has 4 nitrogen and oxygen atoms in total. The highest BCUT2D eigenvalue weighted by Crippen LogP contribution is 2.36. The van der Waals surface area contributed by atoms with Gasteiger partial charge in [0.05, 0.1) is 23.9 Å². The van der Waals surface area contributed by atoms with Crippen LogP contribution in [0.25, 0.3) is 22.2 Å². The van der Waals surface area contributed by atoms with Crippen molar-refractivity contribution in [3.05, 3.63) is 89.2 Å². The number of pyridine rings is 1. The van der Waals surface area contributed by atoms with E-state index in [1.807, 2.05) is 67.3 Å². The minimum absolute atomic E-state index is 0.00576. The Kier molecular flexibility index (Phi) is 5.33. The molecule has 5 heteroatoms. The predicted molar refractivity (Wildman–Crippen MR) is 129 cm³/mol. The maximum Gasteiger partial charge on any atom is 0.259 e. The van der Waals surface area contributed by atoms with E-state index in [4.69, 9.17) is 9.72 Å². The molecule has 0 saturated heterocycles. The Balaban J connectivity index is 1.71. The lowest BCUT2D eigenvalue weighted by atomic mass is 9.92. The monoisotopic (exact) mass is 440 g/mol. The zero-order valence-electron chi connectivity index (χ0n) is 18.9. The summed E-state index contributed by atoms with van der Waals surface area (Å²) in [4.78, 5) is 20.9. The molecule has 0 N–H and O–H groups in total. The molecule has 1 aromatic heterocycles. The minimum Gasteiger partial charge on any atom is -0.497 e. The van der Waals surface area contributed by atoms with Crippen LogP contribution in [0, 0.1) is 12.7 Å². The van der Waals surface area contributed by atoms with E-state index in [0.717, 1.165) is 57.6 Å². The van der Waals surface area contributed by atoms with Gasteiger partial charge in [-0.3, -0.25) is 4.79 Å². The summed E-state index contributed by atoms with van der Waals surface area (Å²) in [6.45, 7) is 4.00. The molecule has 1 atom stereocenters. The lowest BCUT2D eigenvalue weighted by Crippen LogP contribution is -2.42. The van der Waals surface area contributed by atoms with E-state index in [9.17, 15) is 9.18 Å². The van der Waals surface area contributed by atoms with Gasteiger partial charge in [-0.1, -0.05) is 18.2 Å². The molecule has 4 aromatic rings. The maximum absolute atomic E-state index is 14.2. The number of carbonyl (C=O) groups excluding carboxylic acids is 1. The topological polar surface area (TPSA) is 42.4 Å². The van der Waals surface area contributed by atoms with Gasteiger partial charge in [0.15, 0.2) is 0 Å². The molecule has 1 aliphatic heterocycles. The molecule has 166 valence electrons. The predicted octanol–water partition coefficient (Wildman–Crippen LogP) is 6.34. The molecular formula is C28H25FN2O2. The van der Waals surface area contributed by atoms with Gasteiger partial charge in [0.1, 0.15) is 11.6 Å². The number of amides is 1. The fourth-order valence-electron chi connectivity index (χ4n) is 4.76. The molecule has 1 amide bonds. The maximum atomic E-state index is 14.2. The smallest absolute Gasteiger partial charge is 0.259 e. The number of aromatic nitrogens is 1. The normalized spacial score (nSPS) is 15.4. The Morgan fingerprint density at radius 1 is 1.09 bits per heavy atom. The first-order valence-corrected chi connectivity index (χ1v) is 11.1. The van der Waals surface area contributed by atoms with E-state index in [-0.39, 0.29) is 17.8 Å². The highest BCUT2D eigenvalue weighted by Gasteiger charge is 2.32. The molecule has 0 aliphatic carbocycles. The average molecular weight is 441 g/mol. The second-order valence-electron chi connectivity index (χ2n) is 8.54. The van der Waals surface area contributed by atoms with Crippen molar-refractivity contribution in [3.8, 4) is 17.0 Å². The molecule has 5 rings (SSSR count). The van der Waals surface area contributed by atoms with Gasteiger partial charge in [-0.15, -0.1) is 0 Å². The van der Waals surface area contributed by atoms with Crippen LogP contribution >= 0.6 is 0 Å². The number of hydrogen-bond donors (Lipinski definition) is 0. The van der Waals surface area contributed by atoms with Crippen LogP contribution < -0.4 is 9.64 Å². The second kappa shape index (κ2) is 8.32. The standard InChI is InChI=1S/C28H25FN2O2/c1-17-8-9-20-16-21(29)12-15-25(20)31(17)28(32)26-18(2)27(19-10-13-22(33-3)14-11-19)30-24-7-5-4-6-23(24)26/h4-7,10-17H,8-9H2,1-3H3. The van der Waals surface area contributed by atoms with E-state index in [2.05, 4.69) is 0 Å². The number of carbonyl (C=O) groups is 1. The Morgan fingerprint density at radius 3 is 2.61 bits per heavy atom. The molecule has 0 radical (unpaired) electrons. The molecule has 0 spiro atoms. The molecule has 2 heterocycles. The van der Waals surface area contributed by atoms with E-state index in [0.29, 0.717) is 5.56 Å². The van der Waals surface area contributed by atoms with Gasteiger partial charge in [-0.05, 0) is 86.3 Å². The van der Waals surface area contributed by atoms with E-state index in [1.54, 1.807) is 19.2 Å². The molecule has 3 aromatic carbocycles. The second-order valence-corrected chi connectivity index (χ2v) is 8.54. The molecular weight excluding hydrogens is 415 g/mol. The van der Waals surface area contributed by atoms with E-state index >= 15 is 0 Å². The largest absolute Gasteiger partial charge is 0.497 e. The van der Waals surface area contributed by atoms with Gasteiger partial charge in [-0.25, -0.2) is 9.37 Å². The fourth-order valence-corrected chi connectivity index (χ4v) is 4.76. The van der Waals surface area contributed by atoms with Crippen LogP contribution in [0.15, 0.2) is 66.7 Å². The van der Waals surface area contributed by atoms with E-state index in [1.165, 1.54) is 6.07 Å². The van der Waals surface area contributed by atoms with Crippen molar-refractivity contribution in [2.75, 3.05) is 12.0 Å². The highest BCUT2D eigenvalue weighted by molar-refractivity contribution is 6.16. The third-order valence-corrected chi connectivity index (χ3v) is 6.51. The zero-order valence-corrected chi connectivity index (χ0v) is 18.9. The number of halogens is 1. The lowest BCUT2D eigenvalue weighted by molar-refractivity contribution is 0.0976. The summed E-state index contributed by atoms with van der Waals surface area (Å²) in [5.41, 5.74) is 5.56. The van der Waals surface area contributed by atoms with Crippen LogP contribution in [0.5, 0.6) is 5.75 Å². The lowest BCUT2D eigenvalue weighted by Gasteiger charge is -2.36. The van der Waals surface area contributed by atoms with Crippen molar-refractivity contribution in [1.29, 1.82) is 0 Å². The summed E-state index contributed by atoms with van der Waals surface area (Å²) >= 11 is 0. The molecule has 0 saturated carbocycles. The summed E-state index contributed by atoms with van der Waals surface area (Å²) in [6.07, 6.45) is 1.54. The van der Waals surface area contributed by atoms with Crippen LogP contribution in [0.2, 0.25) is 0 Å². The van der Waals surface area contributed by atoms with Gasteiger partial charge in [0.2, 0.25) is 0 Å². The van der Waals surface area contributed by atoms with Crippen molar-refractivity contribution < 1.29 is 13.9 Å². The molecule has 0 fully saturated rings. The van der Waals surface area contributed by atoms with Crippen molar-refractivity contribution in [2.24, 2.45) is 0 Å². The van der Waals surface area contributed by atoms with Gasteiger partial charge >= 0.3 is 0 Å². The Labute approximate surface area is 192 Å². The highest BCUT2D eigenvalue weighted by atomic mass is 19.1. The van der Waals surface area contributed by atoms with Crippen molar-refractivity contribution in [2.45, 2.75) is 32.7 Å². The third-order valence-electron chi connectivity index (χ3n) is 6.51. The van der Waals surface area contributed by atoms with E-state index < -0.39 is 0 Å². The molecule has 0 bridgehead atoms. The SMILES string of the molecule is COc1ccc(-c2nc3ccccc3c(C(=O)N3c4ccc(F)cc4CCC3C)c2C)cc1. The number of aryl methyl sites for hydroxylation is 1. The van der Waals surface area contributed by atoms with Crippen molar-refractivity contribution >= 4 is 22.5 Å². The number of benzene rings is 3. The Morgan fingerprint density at radius 2 is 1.85 bits per heavy atom. The summed E-state index contributed by atoms with van der Waals surface area (Å²) in [7, 11) is 1.63. The van der Waals surface area contributed by atoms with Crippen LogP contribution in [-0.4, -0.2) is 24.0 Å². The number of rotatable bonds is 3. The Hall–Kier alpha value is -3.73. The van der Waals surface area contributed by atoms with Crippen LogP contribution in [-0.2, 0) is 6.42 Å². The quantitative estimate of drug-likeness (QED) is 0.373. The summed E-state index contributed by atoms with van der Waals surface area (Å²) in [5, 5.41) is 0.818. The van der Waals surface area contributed by atoms with Gasteiger partial charge in [0, 0.05) is 22.7 Å². The number of anilines is 1. The van der Waals surface area contributed by atoms with Crippen molar-refractivity contribution in [3.63, 3.8) is 0 Å². The van der Waals surface area contributed by atoms with Crippen LogP contribution in [0.4, 0.5) is 10.1 Å². The summed E-state index contributed by atoms with van der Waals surface area (Å²) < 4.78 is 19.2. The van der Waals surface area contributed by atoms with Crippen LogP contribution in [0.1, 0.15) is 34.8 Å². The van der Waals surface area contributed by atoms with Crippen molar-refractivity contribution in [1.82, 2.24) is 4.98 Å². The van der Waals surface area contributed by atoms with Gasteiger partial charge < -0.3 is 9.64 Å². The minimum atomic E-state index is -0.275. The first-order chi connectivity index (χ1) is 16.0. The molecule has 1 unspecified atom stereocenters. The summed E-state index contributed by atoms with van der Waals surface area (Å²) in [6, 6.07) is 20.1. The number of fused-ring (bicyclic) bond motifs is 2. The number of hydrogen-bond acceptors (Lipinski definition) is 3. The number of para-hydroxylation sites is 1. The molecule has 33 heavy (non-hydrogen) atoms. The Bertz CT molecular complexity index is 1360. The van der Waals surface area contributed by atoms with Gasteiger partial charge in [0.25, 0.3) is 5.91 Å².